The summed E-state index contributed by atoms with van der Waals surface area (Å²) in [4.78, 5) is 26.0. The molecule has 2 fully saturated rings. The molecule has 2 rings (SSSR count). The number of amides is 3. The molecule has 2 aliphatic rings. The van der Waals surface area contributed by atoms with E-state index in [-0.39, 0.29) is 18.0 Å². The van der Waals surface area contributed by atoms with E-state index >= 15 is 0 Å². The molecule has 0 unspecified atom stereocenters. The fourth-order valence-corrected chi connectivity index (χ4v) is 1.97. The Morgan fingerprint density at radius 2 is 2.25 bits per heavy atom. The molecule has 0 aromatic carbocycles. The molecule has 0 aliphatic carbocycles. The Hall–Kier alpha value is -1.06. The van der Waals surface area contributed by atoms with Gasteiger partial charge in [-0.2, -0.15) is 0 Å². The van der Waals surface area contributed by atoms with E-state index in [9.17, 15) is 9.59 Å². The smallest absolute Gasteiger partial charge is 0.312 e. The number of fused-ring (bicyclic) bond motifs is 1. The first-order chi connectivity index (χ1) is 5.75. The Morgan fingerprint density at radius 3 is 2.83 bits per heavy atom. The highest BCUT2D eigenvalue weighted by molar-refractivity contribution is 6.04. The highest BCUT2D eigenvalue weighted by atomic mass is 16.2. The summed E-state index contributed by atoms with van der Waals surface area (Å²) in [6.07, 6.45) is 1.82. The molecule has 66 valence electrons. The number of rotatable bonds is 1. The summed E-state index contributed by atoms with van der Waals surface area (Å²) in [7, 11) is 0. The molecule has 4 heteroatoms. The lowest BCUT2D eigenvalue weighted by Crippen LogP contribution is -2.32. The van der Waals surface area contributed by atoms with Crippen molar-refractivity contribution in [2.45, 2.75) is 25.8 Å². The largest absolute Gasteiger partial charge is 0.327 e. The van der Waals surface area contributed by atoms with Crippen LogP contribution in [-0.4, -0.2) is 40.9 Å². The van der Waals surface area contributed by atoms with Gasteiger partial charge >= 0.3 is 6.03 Å². The van der Waals surface area contributed by atoms with Crippen molar-refractivity contribution in [3.63, 3.8) is 0 Å². The third-order valence-electron chi connectivity index (χ3n) is 2.60. The zero-order valence-corrected chi connectivity index (χ0v) is 7.12. The fourth-order valence-electron chi connectivity index (χ4n) is 1.97. The van der Waals surface area contributed by atoms with Crippen molar-refractivity contribution >= 4 is 11.9 Å². The average Bonchev–Trinajstić information content (AvgIpc) is 2.58. The number of carbonyl (C=O) groups excluding carboxylic acids is 2. The van der Waals surface area contributed by atoms with Crippen LogP contribution in [0.2, 0.25) is 0 Å². The molecule has 0 aromatic heterocycles. The zero-order chi connectivity index (χ0) is 8.72. The van der Waals surface area contributed by atoms with Crippen LogP contribution in [0.15, 0.2) is 0 Å². The van der Waals surface area contributed by atoms with E-state index in [4.69, 9.17) is 0 Å². The molecule has 0 bridgehead atoms. The lowest BCUT2D eigenvalue weighted by atomic mass is 10.2. The van der Waals surface area contributed by atoms with Crippen LogP contribution < -0.4 is 0 Å². The number of imide groups is 1. The van der Waals surface area contributed by atoms with E-state index in [2.05, 4.69) is 0 Å². The Kier molecular flexibility index (Phi) is 1.56. The molecule has 2 aliphatic heterocycles. The molecule has 0 spiro atoms. The Balaban J connectivity index is 2.25. The normalized spacial score (nSPS) is 28.6. The predicted molar refractivity (Wildman–Crippen MR) is 42.5 cm³/mol. The molecule has 12 heavy (non-hydrogen) atoms. The minimum atomic E-state index is -0.127. The summed E-state index contributed by atoms with van der Waals surface area (Å²) in [5.74, 6) is 0.000000000000000666. The molecule has 0 radical (unpaired) electrons. The van der Waals surface area contributed by atoms with E-state index in [0.717, 1.165) is 19.4 Å². The lowest BCUT2D eigenvalue weighted by Gasteiger charge is -2.12. The molecule has 0 aromatic rings. The van der Waals surface area contributed by atoms with Crippen LogP contribution in [-0.2, 0) is 4.79 Å². The van der Waals surface area contributed by atoms with Gasteiger partial charge in [-0.1, -0.05) is 0 Å². The van der Waals surface area contributed by atoms with Gasteiger partial charge in [0, 0.05) is 13.1 Å². The van der Waals surface area contributed by atoms with Gasteiger partial charge in [-0.3, -0.25) is 9.69 Å². The molecule has 0 saturated carbocycles. The second-order valence-electron chi connectivity index (χ2n) is 3.22. The quantitative estimate of drug-likeness (QED) is 0.533. The Labute approximate surface area is 71.1 Å². The molecule has 2 heterocycles. The maximum Gasteiger partial charge on any atom is 0.327 e. The summed E-state index contributed by atoms with van der Waals surface area (Å²) in [6.45, 7) is 3.09. The van der Waals surface area contributed by atoms with Crippen molar-refractivity contribution in [2.75, 3.05) is 13.1 Å². The Bertz CT molecular complexity index is 217. The first-order valence-electron chi connectivity index (χ1n) is 4.37. The molecular formula is C8H12N2O2. The van der Waals surface area contributed by atoms with Crippen molar-refractivity contribution in [3.05, 3.63) is 0 Å². The summed E-state index contributed by atoms with van der Waals surface area (Å²) >= 11 is 0. The number of carbonyl (C=O) groups is 2. The number of nitrogens with zero attached hydrogens (tertiary/aromatic N) is 2. The second kappa shape index (κ2) is 2.47. The first kappa shape index (κ1) is 7.58. The number of urea groups is 1. The highest BCUT2D eigenvalue weighted by Gasteiger charge is 2.46. The summed E-state index contributed by atoms with van der Waals surface area (Å²) in [6, 6.07) is -0.220. The monoisotopic (exact) mass is 168 g/mol. The van der Waals surface area contributed by atoms with Gasteiger partial charge in [0.25, 0.3) is 5.91 Å². The molecule has 4 nitrogen and oxygen atoms in total. The van der Waals surface area contributed by atoms with Gasteiger partial charge in [-0.05, 0) is 19.8 Å². The molecule has 2 saturated heterocycles. The second-order valence-corrected chi connectivity index (χ2v) is 3.22. The first-order valence-corrected chi connectivity index (χ1v) is 4.37. The lowest BCUT2D eigenvalue weighted by molar-refractivity contribution is -0.127. The van der Waals surface area contributed by atoms with E-state index in [1.54, 1.807) is 4.90 Å². The van der Waals surface area contributed by atoms with Crippen LogP contribution in [0.25, 0.3) is 0 Å². The summed E-state index contributed by atoms with van der Waals surface area (Å²) in [5, 5.41) is 0. The molecule has 3 amide bonds. The van der Waals surface area contributed by atoms with Gasteiger partial charge in [-0.25, -0.2) is 4.79 Å². The van der Waals surface area contributed by atoms with Crippen molar-refractivity contribution in [2.24, 2.45) is 0 Å². The molecule has 0 N–H and O–H groups in total. The molecular weight excluding hydrogens is 156 g/mol. The maximum absolute atomic E-state index is 11.5. The predicted octanol–water partition coefficient (Wildman–Crippen LogP) is 0.433. The van der Waals surface area contributed by atoms with Crippen molar-refractivity contribution in [1.29, 1.82) is 0 Å². The number of likely N-dealkylation sites (N-methyl/N-ethyl adjacent to an activating group) is 1. The number of hydrogen-bond acceptors (Lipinski definition) is 2. The van der Waals surface area contributed by atoms with Gasteiger partial charge in [0.2, 0.25) is 0 Å². The molecule has 1 atom stereocenters. The average molecular weight is 168 g/mol. The van der Waals surface area contributed by atoms with E-state index < -0.39 is 0 Å². The minimum absolute atomic E-state index is 0.000000000000000666. The third kappa shape index (κ3) is 0.777. The zero-order valence-electron chi connectivity index (χ0n) is 7.12. The summed E-state index contributed by atoms with van der Waals surface area (Å²) in [5.41, 5.74) is 0. The van der Waals surface area contributed by atoms with Crippen LogP contribution in [0.3, 0.4) is 0 Å². The fraction of sp³-hybridized carbons (Fsp3) is 0.750. The van der Waals surface area contributed by atoms with Gasteiger partial charge in [0.1, 0.15) is 6.04 Å². The van der Waals surface area contributed by atoms with E-state index in [1.807, 2.05) is 6.92 Å². The van der Waals surface area contributed by atoms with Crippen molar-refractivity contribution in [3.8, 4) is 0 Å². The van der Waals surface area contributed by atoms with Crippen LogP contribution in [0.5, 0.6) is 0 Å². The van der Waals surface area contributed by atoms with Gasteiger partial charge < -0.3 is 4.90 Å². The van der Waals surface area contributed by atoms with Crippen LogP contribution >= 0.6 is 0 Å². The minimum Gasteiger partial charge on any atom is -0.312 e. The highest BCUT2D eigenvalue weighted by Crippen LogP contribution is 2.26. The SMILES string of the molecule is CCN1C(=O)[C@@H]2CCCN2C1=O. The number of hydrogen-bond donors (Lipinski definition) is 0. The van der Waals surface area contributed by atoms with Crippen LogP contribution in [0, 0.1) is 0 Å². The van der Waals surface area contributed by atoms with Crippen LogP contribution in [0.4, 0.5) is 4.79 Å². The van der Waals surface area contributed by atoms with Gasteiger partial charge in [0.05, 0.1) is 0 Å². The van der Waals surface area contributed by atoms with Crippen molar-refractivity contribution < 1.29 is 9.59 Å². The van der Waals surface area contributed by atoms with E-state index in [0.29, 0.717) is 6.54 Å². The topological polar surface area (TPSA) is 40.6 Å². The third-order valence-corrected chi connectivity index (χ3v) is 2.60. The van der Waals surface area contributed by atoms with Crippen LogP contribution in [0.1, 0.15) is 19.8 Å². The van der Waals surface area contributed by atoms with Gasteiger partial charge in [-0.15, -0.1) is 0 Å². The standard InChI is InChI=1S/C8H12N2O2/c1-2-9-7(11)6-4-3-5-10(6)8(9)12/h6H,2-5H2,1H3/t6-/m0/s1. The van der Waals surface area contributed by atoms with Crippen molar-refractivity contribution in [1.82, 2.24) is 9.80 Å². The maximum atomic E-state index is 11.5. The van der Waals surface area contributed by atoms with Gasteiger partial charge in [0.15, 0.2) is 0 Å². The summed E-state index contributed by atoms with van der Waals surface area (Å²) < 4.78 is 0. The van der Waals surface area contributed by atoms with E-state index in [1.165, 1.54) is 4.90 Å². The Morgan fingerprint density at radius 1 is 1.50 bits per heavy atom.